The van der Waals surface area contributed by atoms with Gasteiger partial charge in [-0.2, -0.15) is 5.10 Å². The second-order valence-electron chi connectivity index (χ2n) is 6.94. The standard InChI is InChI=1S/C19H23N5OS/c1-14-16-12-17(18(25)21-23-10-8-22(2)9-11-23)26-19(16)24(20-14)13-15-6-4-3-5-7-15/h3-7,12H,8-11,13H2,1-2H3,(H,21,25)/p+1. The van der Waals surface area contributed by atoms with Gasteiger partial charge in [0.2, 0.25) is 0 Å². The molecule has 1 fully saturated rings. The van der Waals surface area contributed by atoms with E-state index in [0.29, 0.717) is 6.54 Å². The third-order valence-electron chi connectivity index (χ3n) is 4.88. The number of aryl methyl sites for hydroxylation is 1. The van der Waals surface area contributed by atoms with Crippen LogP contribution >= 0.6 is 11.3 Å². The van der Waals surface area contributed by atoms with E-state index in [1.54, 1.807) is 0 Å². The number of hydrogen-bond donors (Lipinski definition) is 2. The van der Waals surface area contributed by atoms with Crippen molar-refractivity contribution in [2.24, 2.45) is 0 Å². The van der Waals surface area contributed by atoms with Crippen LogP contribution in [0, 0.1) is 6.92 Å². The summed E-state index contributed by atoms with van der Waals surface area (Å²) in [6.07, 6.45) is 0. The lowest BCUT2D eigenvalue weighted by Crippen LogP contribution is -3.12. The molecule has 136 valence electrons. The lowest BCUT2D eigenvalue weighted by Gasteiger charge is -2.29. The van der Waals surface area contributed by atoms with E-state index in [0.717, 1.165) is 47.0 Å². The summed E-state index contributed by atoms with van der Waals surface area (Å²) in [5, 5.41) is 7.75. The topological polar surface area (TPSA) is 54.6 Å². The molecule has 3 aromatic rings. The normalized spacial score (nSPS) is 16.2. The zero-order valence-electron chi connectivity index (χ0n) is 15.2. The first-order valence-corrected chi connectivity index (χ1v) is 9.80. The van der Waals surface area contributed by atoms with Crippen molar-refractivity contribution in [3.8, 4) is 0 Å². The van der Waals surface area contributed by atoms with Gasteiger partial charge in [-0.15, -0.1) is 11.3 Å². The highest BCUT2D eigenvalue weighted by molar-refractivity contribution is 7.20. The summed E-state index contributed by atoms with van der Waals surface area (Å²) in [6.45, 7) is 6.61. The summed E-state index contributed by atoms with van der Waals surface area (Å²) >= 11 is 1.52. The minimum absolute atomic E-state index is 0.0172. The molecule has 6 nitrogen and oxygen atoms in total. The molecule has 0 atom stereocenters. The van der Waals surface area contributed by atoms with Crippen LogP contribution in [0.25, 0.3) is 10.2 Å². The molecule has 0 unspecified atom stereocenters. The van der Waals surface area contributed by atoms with Gasteiger partial charge in [0.15, 0.2) is 0 Å². The van der Waals surface area contributed by atoms with Crippen molar-refractivity contribution in [2.45, 2.75) is 13.5 Å². The Kier molecular flexibility index (Phi) is 4.76. The third-order valence-corrected chi connectivity index (χ3v) is 6.03. The fourth-order valence-corrected chi connectivity index (χ4v) is 4.34. The zero-order valence-corrected chi connectivity index (χ0v) is 16.0. The summed E-state index contributed by atoms with van der Waals surface area (Å²) in [5.41, 5.74) is 5.23. The molecule has 1 amide bonds. The molecule has 0 radical (unpaired) electrons. The SMILES string of the molecule is Cc1nn(Cc2ccccc2)c2sc(C(=O)NN3CC[NH+](C)CC3)cc12. The van der Waals surface area contributed by atoms with E-state index < -0.39 is 0 Å². The molecule has 0 spiro atoms. The van der Waals surface area contributed by atoms with Gasteiger partial charge in [0.25, 0.3) is 5.91 Å². The molecule has 1 aliphatic rings. The van der Waals surface area contributed by atoms with Crippen molar-refractivity contribution < 1.29 is 9.69 Å². The number of aromatic nitrogens is 2. The number of nitrogens with zero attached hydrogens (tertiary/aromatic N) is 3. The fourth-order valence-electron chi connectivity index (χ4n) is 3.29. The number of piperazine rings is 1. The number of rotatable bonds is 4. The van der Waals surface area contributed by atoms with Gasteiger partial charge < -0.3 is 4.90 Å². The maximum atomic E-state index is 12.7. The van der Waals surface area contributed by atoms with Crippen LogP contribution in [0.4, 0.5) is 0 Å². The molecule has 7 heteroatoms. The van der Waals surface area contributed by atoms with Gasteiger partial charge in [-0.3, -0.25) is 14.9 Å². The van der Waals surface area contributed by atoms with Crippen LogP contribution in [0.3, 0.4) is 0 Å². The van der Waals surface area contributed by atoms with Crippen molar-refractivity contribution in [1.29, 1.82) is 0 Å². The monoisotopic (exact) mass is 370 g/mol. The maximum Gasteiger partial charge on any atom is 0.275 e. The number of hydrogen-bond acceptors (Lipinski definition) is 4. The van der Waals surface area contributed by atoms with Gasteiger partial charge in [0.05, 0.1) is 50.3 Å². The molecule has 2 N–H and O–H groups in total. The molecule has 0 bridgehead atoms. The smallest absolute Gasteiger partial charge is 0.275 e. The Bertz CT molecular complexity index is 909. The second-order valence-corrected chi connectivity index (χ2v) is 7.97. The Morgan fingerprint density at radius 3 is 2.73 bits per heavy atom. The van der Waals surface area contributed by atoms with Crippen LogP contribution in [0.5, 0.6) is 0 Å². The lowest BCUT2D eigenvalue weighted by atomic mass is 10.2. The van der Waals surface area contributed by atoms with Crippen LogP contribution in [-0.4, -0.2) is 53.9 Å². The average molecular weight is 371 g/mol. The molecular formula is C19H24N5OS+. The number of hydrazine groups is 1. The van der Waals surface area contributed by atoms with Crippen molar-refractivity contribution in [3.05, 3.63) is 52.5 Å². The highest BCUT2D eigenvalue weighted by Gasteiger charge is 2.21. The molecule has 26 heavy (non-hydrogen) atoms. The first-order chi connectivity index (χ1) is 12.6. The number of carbonyl (C=O) groups is 1. The van der Waals surface area contributed by atoms with Crippen LogP contribution in [0.2, 0.25) is 0 Å². The van der Waals surface area contributed by atoms with E-state index in [1.165, 1.54) is 21.8 Å². The second kappa shape index (κ2) is 7.19. The Labute approximate surface area is 157 Å². The van der Waals surface area contributed by atoms with E-state index in [1.807, 2.05) is 40.9 Å². The Hall–Kier alpha value is -2.22. The van der Waals surface area contributed by atoms with Crippen LogP contribution in [0.15, 0.2) is 36.4 Å². The predicted octanol–water partition coefficient (Wildman–Crippen LogP) is 0.930. The van der Waals surface area contributed by atoms with Crippen LogP contribution in [-0.2, 0) is 6.54 Å². The highest BCUT2D eigenvalue weighted by atomic mass is 32.1. The summed E-state index contributed by atoms with van der Waals surface area (Å²) < 4.78 is 2.00. The number of amides is 1. The van der Waals surface area contributed by atoms with E-state index in [-0.39, 0.29) is 5.91 Å². The number of thiophene rings is 1. The molecule has 3 heterocycles. The Morgan fingerprint density at radius 1 is 1.27 bits per heavy atom. The quantitative estimate of drug-likeness (QED) is 0.718. The number of fused-ring (bicyclic) bond motifs is 1. The Morgan fingerprint density at radius 2 is 2.00 bits per heavy atom. The summed E-state index contributed by atoms with van der Waals surface area (Å²) in [5.74, 6) is -0.0172. The van der Waals surface area contributed by atoms with Gasteiger partial charge in [0.1, 0.15) is 4.83 Å². The molecule has 1 saturated heterocycles. The van der Waals surface area contributed by atoms with Gasteiger partial charge in [0, 0.05) is 5.39 Å². The first kappa shape index (κ1) is 17.2. The number of nitrogens with one attached hydrogen (secondary N) is 2. The van der Waals surface area contributed by atoms with E-state index in [2.05, 4.69) is 29.7 Å². The van der Waals surface area contributed by atoms with Crippen molar-refractivity contribution in [3.63, 3.8) is 0 Å². The largest absolute Gasteiger partial charge is 0.335 e. The number of likely N-dealkylation sites (N-methyl/N-ethyl adjacent to an activating group) is 1. The van der Waals surface area contributed by atoms with Gasteiger partial charge in [-0.1, -0.05) is 30.3 Å². The lowest BCUT2D eigenvalue weighted by molar-refractivity contribution is -0.884. The summed E-state index contributed by atoms with van der Waals surface area (Å²) in [4.78, 5) is 16.0. The van der Waals surface area contributed by atoms with E-state index in [9.17, 15) is 4.79 Å². The maximum absolute atomic E-state index is 12.7. The minimum atomic E-state index is -0.0172. The number of benzene rings is 1. The van der Waals surface area contributed by atoms with Crippen molar-refractivity contribution in [1.82, 2.24) is 20.2 Å². The number of quaternary nitrogens is 1. The van der Waals surface area contributed by atoms with Crippen molar-refractivity contribution in [2.75, 3.05) is 33.2 Å². The Balaban J connectivity index is 1.53. The summed E-state index contributed by atoms with van der Waals surface area (Å²) in [7, 11) is 2.19. The van der Waals surface area contributed by atoms with E-state index >= 15 is 0 Å². The molecule has 0 aliphatic carbocycles. The van der Waals surface area contributed by atoms with E-state index in [4.69, 9.17) is 0 Å². The van der Waals surface area contributed by atoms with Gasteiger partial charge in [-0.05, 0) is 18.6 Å². The molecule has 0 saturated carbocycles. The van der Waals surface area contributed by atoms with Crippen molar-refractivity contribution >= 4 is 27.5 Å². The van der Waals surface area contributed by atoms with Crippen LogP contribution < -0.4 is 10.3 Å². The predicted molar refractivity (Wildman–Crippen MR) is 104 cm³/mol. The highest BCUT2D eigenvalue weighted by Crippen LogP contribution is 2.28. The minimum Gasteiger partial charge on any atom is -0.335 e. The molecular weight excluding hydrogens is 346 g/mol. The molecule has 4 rings (SSSR count). The first-order valence-electron chi connectivity index (χ1n) is 8.98. The molecule has 2 aromatic heterocycles. The molecule has 1 aromatic carbocycles. The van der Waals surface area contributed by atoms with Crippen LogP contribution in [0.1, 0.15) is 20.9 Å². The fraction of sp³-hybridized carbons (Fsp3) is 0.368. The third kappa shape index (κ3) is 3.51. The zero-order chi connectivity index (χ0) is 18.1. The summed E-state index contributed by atoms with van der Waals surface area (Å²) in [6, 6.07) is 12.3. The molecule has 1 aliphatic heterocycles. The van der Waals surface area contributed by atoms with Gasteiger partial charge in [-0.25, -0.2) is 5.01 Å². The average Bonchev–Trinajstić information content (AvgIpc) is 3.20. The van der Waals surface area contributed by atoms with Gasteiger partial charge >= 0.3 is 0 Å². The number of carbonyl (C=O) groups excluding carboxylic acids is 1.